The van der Waals surface area contributed by atoms with Crippen LogP contribution in [0.4, 0.5) is 0 Å². The third kappa shape index (κ3) is 1.57. The number of hydrogen-bond donors (Lipinski definition) is 0. The predicted octanol–water partition coefficient (Wildman–Crippen LogP) is 2.73. The highest BCUT2D eigenvalue weighted by Crippen LogP contribution is 2.22. The predicted molar refractivity (Wildman–Crippen MR) is 60.3 cm³/mol. The molecule has 0 aliphatic carbocycles. The van der Waals surface area contributed by atoms with E-state index >= 15 is 0 Å². The van der Waals surface area contributed by atoms with Crippen LogP contribution in [-0.2, 0) is 6.54 Å². The van der Waals surface area contributed by atoms with Gasteiger partial charge in [0.05, 0.1) is 12.9 Å². The Hall–Kier alpha value is -1.81. The summed E-state index contributed by atoms with van der Waals surface area (Å²) in [5, 5.41) is 5.66. The number of fused-ring (bicyclic) bond motifs is 1. The van der Waals surface area contributed by atoms with Crippen molar-refractivity contribution in [2.45, 2.75) is 6.54 Å². The molecule has 0 bridgehead atoms. The van der Waals surface area contributed by atoms with Crippen molar-refractivity contribution in [2.24, 2.45) is 0 Å². The number of benzene rings is 1. The fourth-order valence-electron chi connectivity index (χ4n) is 1.63. The van der Waals surface area contributed by atoms with Gasteiger partial charge in [-0.2, -0.15) is 0 Å². The van der Waals surface area contributed by atoms with Crippen LogP contribution in [0.3, 0.4) is 0 Å². The molecule has 0 fully saturated rings. The Balaban J connectivity index is 2.07. The monoisotopic (exact) mass is 233 g/mol. The fourth-order valence-corrected chi connectivity index (χ4v) is 1.80. The maximum Gasteiger partial charge on any atom is 0.167 e. The molecule has 0 radical (unpaired) electrons. The van der Waals surface area contributed by atoms with E-state index in [4.69, 9.17) is 16.1 Å². The fraction of sp³-hybridized carbons (Fsp3) is 0.0909. The molecule has 1 aromatic carbocycles. The zero-order chi connectivity index (χ0) is 11.0. The van der Waals surface area contributed by atoms with E-state index in [0.717, 1.165) is 16.7 Å². The Morgan fingerprint density at radius 1 is 1.38 bits per heavy atom. The lowest BCUT2D eigenvalue weighted by atomic mass is 10.2. The zero-order valence-electron chi connectivity index (χ0n) is 8.30. The molecule has 16 heavy (non-hydrogen) atoms. The molecule has 0 saturated heterocycles. The van der Waals surface area contributed by atoms with Crippen molar-refractivity contribution in [2.75, 3.05) is 0 Å². The maximum absolute atomic E-state index is 5.94. The van der Waals surface area contributed by atoms with Crippen LogP contribution < -0.4 is 0 Å². The van der Waals surface area contributed by atoms with Crippen LogP contribution in [0.5, 0.6) is 0 Å². The Kier molecular flexibility index (Phi) is 2.15. The minimum atomic E-state index is 0.632. The van der Waals surface area contributed by atoms with Crippen LogP contribution in [-0.4, -0.2) is 14.7 Å². The third-order valence-corrected chi connectivity index (χ3v) is 2.63. The lowest BCUT2D eigenvalue weighted by molar-refractivity contribution is 0.443. The molecule has 0 amide bonds. The van der Waals surface area contributed by atoms with Crippen molar-refractivity contribution in [3.8, 4) is 0 Å². The molecule has 3 aromatic rings. The Morgan fingerprint density at radius 3 is 3.12 bits per heavy atom. The lowest BCUT2D eigenvalue weighted by Crippen LogP contribution is -1.96. The summed E-state index contributed by atoms with van der Waals surface area (Å²) >= 11 is 5.94. The van der Waals surface area contributed by atoms with Gasteiger partial charge in [0.1, 0.15) is 5.69 Å². The van der Waals surface area contributed by atoms with E-state index < -0.39 is 0 Å². The largest absolute Gasteiger partial charge is 0.356 e. The van der Waals surface area contributed by atoms with Crippen molar-refractivity contribution in [3.05, 3.63) is 47.6 Å². The van der Waals surface area contributed by atoms with Crippen LogP contribution in [0.15, 0.2) is 41.4 Å². The molecule has 0 N–H and O–H groups in total. The summed E-state index contributed by atoms with van der Waals surface area (Å²) in [4.78, 5) is 3.98. The van der Waals surface area contributed by atoms with Gasteiger partial charge in [-0.05, 0) is 18.2 Å². The average molecular weight is 234 g/mol. The van der Waals surface area contributed by atoms with Gasteiger partial charge >= 0.3 is 0 Å². The number of nitrogens with zero attached hydrogens (tertiary/aromatic N) is 3. The van der Waals surface area contributed by atoms with E-state index in [1.807, 2.05) is 22.9 Å². The minimum Gasteiger partial charge on any atom is -0.356 e. The number of hydrogen-bond acceptors (Lipinski definition) is 3. The smallest absolute Gasteiger partial charge is 0.167 e. The first-order valence-corrected chi connectivity index (χ1v) is 5.20. The summed E-state index contributed by atoms with van der Waals surface area (Å²) < 4.78 is 7.14. The first kappa shape index (κ1) is 9.42. The van der Waals surface area contributed by atoms with Crippen LogP contribution in [0.2, 0.25) is 5.02 Å². The standard InChI is InChI=1S/C11H8ClN3O/c12-8-1-2-11-9(5-8)10(14-16-11)6-15-4-3-13-7-15/h1-5,7H,6H2. The summed E-state index contributed by atoms with van der Waals surface area (Å²) in [6.45, 7) is 0.632. The highest BCUT2D eigenvalue weighted by molar-refractivity contribution is 6.31. The number of halogens is 1. The molecule has 4 nitrogen and oxygen atoms in total. The molecule has 0 saturated carbocycles. The SMILES string of the molecule is Clc1ccc2onc(Cn3ccnc3)c2c1. The molecule has 2 heterocycles. The second-order valence-corrected chi connectivity index (χ2v) is 3.94. The van der Waals surface area contributed by atoms with E-state index in [0.29, 0.717) is 11.6 Å². The van der Waals surface area contributed by atoms with Gasteiger partial charge in [-0.3, -0.25) is 0 Å². The van der Waals surface area contributed by atoms with Crippen LogP contribution in [0.1, 0.15) is 5.69 Å². The number of aromatic nitrogens is 3. The zero-order valence-corrected chi connectivity index (χ0v) is 9.05. The highest BCUT2D eigenvalue weighted by atomic mass is 35.5. The van der Waals surface area contributed by atoms with Gasteiger partial charge in [-0.15, -0.1) is 0 Å². The lowest BCUT2D eigenvalue weighted by Gasteiger charge is -1.97. The van der Waals surface area contributed by atoms with E-state index in [1.165, 1.54) is 0 Å². The average Bonchev–Trinajstić information content (AvgIpc) is 2.90. The minimum absolute atomic E-state index is 0.632. The van der Waals surface area contributed by atoms with Crippen molar-refractivity contribution in [1.82, 2.24) is 14.7 Å². The molecule has 3 rings (SSSR count). The Bertz CT molecular complexity index is 615. The first-order chi connectivity index (χ1) is 7.83. The number of imidazole rings is 1. The normalized spacial score (nSPS) is 11.1. The quantitative estimate of drug-likeness (QED) is 0.684. The molecular weight excluding hydrogens is 226 g/mol. The molecule has 0 atom stereocenters. The van der Waals surface area contributed by atoms with E-state index in [9.17, 15) is 0 Å². The number of rotatable bonds is 2. The first-order valence-electron chi connectivity index (χ1n) is 4.82. The Morgan fingerprint density at radius 2 is 2.31 bits per heavy atom. The van der Waals surface area contributed by atoms with E-state index in [1.54, 1.807) is 18.6 Å². The van der Waals surface area contributed by atoms with Gasteiger partial charge in [-0.25, -0.2) is 4.98 Å². The molecule has 0 unspecified atom stereocenters. The van der Waals surface area contributed by atoms with Crippen molar-refractivity contribution in [1.29, 1.82) is 0 Å². The molecule has 2 aromatic heterocycles. The van der Waals surface area contributed by atoms with Gasteiger partial charge in [0.2, 0.25) is 0 Å². The van der Waals surface area contributed by atoms with Crippen molar-refractivity contribution < 1.29 is 4.52 Å². The van der Waals surface area contributed by atoms with Gasteiger partial charge in [-0.1, -0.05) is 16.8 Å². The highest BCUT2D eigenvalue weighted by Gasteiger charge is 2.08. The van der Waals surface area contributed by atoms with Gasteiger partial charge in [0.15, 0.2) is 5.58 Å². The van der Waals surface area contributed by atoms with Crippen LogP contribution in [0, 0.1) is 0 Å². The molecule has 0 aliphatic heterocycles. The molecule has 80 valence electrons. The second kappa shape index (κ2) is 3.64. The maximum atomic E-state index is 5.94. The summed E-state index contributed by atoms with van der Waals surface area (Å²) in [6.07, 6.45) is 5.35. The van der Waals surface area contributed by atoms with Crippen LogP contribution in [0.25, 0.3) is 11.0 Å². The summed E-state index contributed by atoms with van der Waals surface area (Å²) in [6, 6.07) is 5.47. The van der Waals surface area contributed by atoms with Gasteiger partial charge < -0.3 is 9.09 Å². The molecule has 0 aliphatic rings. The summed E-state index contributed by atoms with van der Waals surface area (Å²) in [7, 11) is 0. The van der Waals surface area contributed by atoms with Crippen molar-refractivity contribution >= 4 is 22.6 Å². The molecular formula is C11H8ClN3O. The van der Waals surface area contributed by atoms with Crippen LogP contribution >= 0.6 is 11.6 Å². The summed E-state index contributed by atoms with van der Waals surface area (Å²) in [5.74, 6) is 0. The summed E-state index contributed by atoms with van der Waals surface area (Å²) in [5.41, 5.74) is 1.61. The molecule has 0 spiro atoms. The van der Waals surface area contributed by atoms with Crippen molar-refractivity contribution in [3.63, 3.8) is 0 Å². The molecule has 5 heteroatoms. The van der Waals surface area contributed by atoms with Gasteiger partial charge in [0.25, 0.3) is 0 Å². The third-order valence-electron chi connectivity index (χ3n) is 2.40. The van der Waals surface area contributed by atoms with E-state index in [2.05, 4.69) is 10.1 Å². The van der Waals surface area contributed by atoms with Gasteiger partial charge in [0, 0.05) is 22.8 Å². The second-order valence-electron chi connectivity index (χ2n) is 3.50. The topological polar surface area (TPSA) is 43.9 Å². The van der Waals surface area contributed by atoms with E-state index in [-0.39, 0.29) is 0 Å². The Labute approximate surface area is 96.4 Å².